The third-order valence-electron chi connectivity index (χ3n) is 7.43. The van der Waals surface area contributed by atoms with E-state index in [1.807, 2.05) is 6.92 Å². The molecule has 5 rings (SSSR count). The highest BCUT2D eigenvalue weighted by atomic mass is 19.1. The van der Waals surface area contributed by atoms with Crippen molar-refractivity contribution in [2.75, 3.05) is 10.6 Å². The van der Waals surface area contributed by atoms with Crippen molar-refractivity contribution >= 4 is 34.7 Å². The highest BCUT2D eigenvalue weighted by molar-refractivity contribution is 5.80. The number of aliphatic hydroxyl groups is 1. The van der Waals surface area contributed by atoms with Gasteiger partial charge in [-0.15, -0.1) is 0 Å². The number of nitrogens with two attached hydrogens (primary N) is 1. The van der Waals surface area contributed by atoms with Crippen LogP contribution in [0, 0.1) is 22.9 Å². The van der Waals surface area contributed by atoms with E-state index in [1.54, 1.807) is 4.57 Å². The van der Waals surface area contributed by atoms with Gasteiger partial charge in [0, 0.05) is 29.6 Å². The predicted octanol–water partition coefficient (Wildman–Crippen LogP) is 3.92. The summed E-state index contributed by atoms with van der Waals surface area (Å²) in [6.45, 7) is 1.83. The van der Waals surface area contributed by atoms with Crippen molar-refractivity contribution in [3.63, 3.8) is 0 Å². The number of anilines is 3. The Morgan fingerprint density at radius 1 is 1.14 bits per heavy atom. The van der Waals surface area contributed by atoms with E-state index in [9.17, 15) is 23.1 Å². The Labute approximate surface area is 205 Å². The van der Waals surface area contributed by atoms with Crippen LogP contribution >= 0.6 is 0 Å². The average Bonchev–Trinajstić information content (AvgIpc) is 3.39. The zero-order chi connectivity index (χ0) is 25.6. The fraction of sp³-hybridized carbons (Fsp3) is 0.500. The molecule has 2 atom stereocenters. The second-order valence-electron chi connectivity index (χ2n) is 10.0. The number of rotatable bonds is 6. The molecule has 3 aromatic rings. The molecule has 0 saturated heterocycles. The average molecular weight is 504 g/mol. The molecular weight excluding hydrogens is 475 g/mol. The monoisotopic (exact) mass is 503 g/mol. The number of fused-ring (bicyclic) bond motifs is 1. The van der Waals surface area contributed by atoms with Gasteiger partial charge in [0.15, 0.2) is 17.3 Å². The molecule has 0 spiro atoms. The molecule has 2 saturated carbocycles. The molecule has 1 amide bonds. The number of carbonyl (C=O) groups is 1. The highest BCUT2D eigenvalue weighted by Crippen LogP contribution is 2.43. The molecule has 192 valence electrons. The molecule has 2 aliphatic carbocycles. The Kier molecular flexibility index (Phi) is 6.23. The number of primary amides is 1. The van der Waals surface area contributed by atoms with Crippen molar-refractivity contribution in [3.8, 4) is 0 Å². The van der Waals surface area contributed by atoms with E-state index in [2.05, 4.69) is 25.6 Å². The second-order valence-corrected chi connectivity index (χ2v) is 10.0. The molecule has 36 heavy (non-hydrogen) atoms. The molecule has 2 heterocycles. The van der Waals surface area contributed by atoms with Crippen LogP contribution in [0.25, 0.3) is 11.2 Å². The molecule has 9 nitrogen and oxygen atoms in total. The van der Waals surface area contributed by atoms with E-state index in [-0.39, 0.29) is 30.0 Å². The summed E-state index contributed by atoms with van der Waals surface area (Å²) in [6, 6.07) is 1.02. The van der Waals surface area contributed by atoms with Crippen molar-refractivity contribution < 1.29 is 23.1 Å². The van der Waals surface area contributed by atoms with E-state index < -0.39 is 28.6 Å². The largest absolute Gasteiger partial charge is 0.393 e. The zero-order valence-corrected chi connectivity index (χ0v) is 19.8. The number of amides is 1. The summed E-state index contributed by atoms with van der Waals surface area (Å²) < 4.78 is 44.1. The molecule has 1 aromatic carbocycles. The molecule has 2 fully saturated rings. The van der Waals surface area contributed by atoms with Crippen molar-refractivity contribution in [1.82, 2.24) is 19.5 Å². The minimum Gasteiger partial charge on any atom is -0.393 e. The summed E-state index contributed by atoms with van der Waals surface area (Å²) in [4.78, 5) is 25.4. The van der Waals surface area contributed by atoms with Gasteiger partial charge in [-0.2, -0.15) is 4.98 Å². The molecule has 12 heteroatoms. The van der Waals surface area contributed by atoms with Crippen LogP contribution in [-0.2, 0) is 4.79 Å². The Morgan fingerprint density at radius 2 is 1.83 bits per heavy atom. The van der Waals surface area contributed by atoms with Gasteiger partial charge in [-0.3, -0.25) is 9.36 Å². The lowest BCUT2D eigenvalue weighted by Gasteiger charge is -2.35. The quantitative estimate of drug-likeness (QED) is 0.401. The first kappa shape index (κ1) is 24.3. The SMILES string of the molecule is CC1(C(N)=O)CCC(n2c(Nc3c(F)cc(F)cc3F)nc3cnc(NC4CC[C@@H](O)C4)nc32)CC1. The number of hydrogen-bond donors (Lipinski definition) is 4. The standard InChI is InChI=1S/C24H28F3N7O2/c1-24(21(28)36)6-4-14(5-7-24)34-20-18(11-29-22(33-20)30-13-2-3-15(35)10-13)31-23(34)32-19-16(26)8-12(25)9-17(19)27/h8-9,11,13-15,35H,2-7,10H2,1H3,(H2,28,36)(H,31,32)(H,29,30,33)/t13?,14?,15-,24?/m1/s1. The summed E-state index contributed by atoms with van der Waals surface area (Å²) in [6.07, 6.45) is 5.41. The van der Waals surface area contributed by atoms with Crippen LogP contribution in [0.5, 0.6) is 0 Å². The summed E-state index contributed by atoms with van der Waals surface area (Å²) >= 11 is 0. The molecule has 0 radical (unpaired) electrons. The Balaban J connectivity index is 1.53. The Morgan fingerprint density at radius 3 is 2.44 bits per heavy atom. The maximum Gasteiger partial charge on any atom is 0.224 e. The number of aliphatic hydroxyl groups excluding tert-OH is 1. The van der Waals surface area contributed by atoms with E-state index in [4.69, 9.17) is 5.73 Å². The van der Waals surface area contributed by atoms with E-state index in [0.29, 0.717) is 67.8 Å². The molecule has 0 aliphatic heterocycles. The van der Waals surface area contributed by atoms with E-state index in [1.165, 1.54) is 6.20 Å². The number of halogens is 3. The number of aromatic nitrogens is 4. The lowest BCUT2D eigenvalue weighted by molar-refractivity contribution is -0.128. The number of benzene rings is 1. The maximum absolute atomic E-state index is 14.5. The summed E-state index contributed by atoms with van der Waals surface area (Å²) in [5, 5.41) is 15.8. The fourth-order valence-corrected chi connectivity index (χ4v) is 5.18. The number of imidazole rings is 1. The lowest BCUT2D eigenvalue weighted by atomic mass is 9.73. The summed E-state index contributed by atoms with van der Waals surface area (Å²) in [5.74, 6) is -3.09. The van der Waals surface area contributed by atoms with Gasteiger partial charge in [-0.25, -0.2) is 23.1 Å². The minimum absolute atomic E-state index is 0.0276. The number of nitrogens with one attached hydrogen (secondary N) is 2. The van der Waals surface area contributed by atoms with Crippen molar-refractivity contribution in [1.29, 1.82) is 0 Å². The summed E-state index contributed by atoms with van der Waals surface area (Å²) in [7, 11) is 0. The molecule has 1 unspecified atom stereocenters. The first-order valence-corrected chi connectivity index (χ1v) is 12.0. The van der Waals surface area contributed by atoms with Crippen LogP contribution in [-0.4, -0.2) is 42.7 Å². The molecular formula is C24H28F3N7O2. The zero-order valence-electron chi connectivity index (χ0n) is 19.8. The van der Waals surface area contributed by atoms with Gasteiger partial charge >= 0.3 is 0 Å². The van der Waals surface area contributed by atoms with Crippen LogP contribution in [0.4, 0.5) is 30.8 Å². The van der Waals surface area contributed by atoms with Crippen LogP contribution < -0.4 is 16.4 Å². The first-order chi connectivity index (χ1) is 17.1. The third-order valence-corrected chi connectivity index (χ3v) is 7.43. The minimum atomic E-state index is -1.09. The Hall–Kier alpha value is -3.41. The van der Waals surface area contributed by atoms with E-state index in [0.717, 1.165) is 6.42 Å². The van der Waals surface area contributed by atoms with Gasteiger partial charge in [-0.05, 0) is 44.9 Å². The lowest BCUT2D eigenvalue weighted by Crippen LogP contribution is -2.38. The third kappa shape index (κ3) is 4.57. The van der Waals surface area contributed by atoms with Gasteiger partial charge in [0.05, 0.1) is 12.3 Å². The van der Waals surface area contributed by atoms with Gasteiger partial charge in [0.25, 0.3) is 0 Å². The Bertz CT molecular complexity index is 1280. The van der Waals surface area contributed by atoms with Gasteiger partial charge in [0.1, 0.15) is 17.0 Å². The van der Waals surface area contributed by atoms with Gasteiger partial charge in [-0.1, -0.05) is 6.92 Å². The predicted molar refractivity (Wildman–Crippen MR) is 127 cm³/mol. The van der Waals surface area contributed by atoms with Crippen LogP contribution in [0.15, 0.2) is 18.3 Å². The fourth-order valence-electron chi connectivity index (χ4n) is 5.18. The van der Waals surface area contributed by atoms with Crippen molar-refractivity contribution in [2.24, 2.45) is 11.1 Å². The van der Waals surface area contributed by atoms with Crippen LogP contribution in [0.1, 0.15) is 57.9 Å². The van der Waals surface area contributed by atoms with Crippen LogP contribution in [0.2, 0.25) is 0 Å². The number of nitrogens with zero attached hydrogens (tertiary/aromatic N) is 4. The summed E-state index contributed by atoms with van der Waals surface area (Å²) in [5.41, 5.74) is 5.29. The number of hydrogen-bond acceptors (Lipinski definition) is 7. The second kappa shape index (κ2) is 9.23. The number of carbonyl (C=O) groups excluding carboxylic acids is 1. The van der Waals surface area contributed by atoms with Crippen LogP contribution in [0.3, 0.4) is 0 Å². The van der Waals surface area contributed by atoms with E-state index >= 15 is 0 Å². The van der Waals surface area contributed by atoms with Crippen molar-refractivity contribution in [2.45, 2.75) is 70.1 Å². The smallest absolute Gasteiger partial charge is 0.224 e. The normalized spacial score (nSPS) is 26.3. The van der Waals surface area contributed by atoms with Gasteiger partial charge < -0.3 is 21.5 Å². The van der Waals surface area contributed by atoms with Gasteiger partial charge in [0.2, 0.25) is 17.8 Å². The molecule has 2 aromatic heterocycles. The maximum atomic E-state index is 14.5. The molecule has 2 aliphatic rings. The van der Waals surface area contributed by atoms with Crippen molar-refractivity contribution in [3.05, 3.63) is 35.8 Å². The topological polar surface area (TPSA) is 131 Å². The molecule has 5 N–H and O–H groups in total. The highest BCUT2D eigenvalue weighted by Gasteiger charge is 2.38. The molecule has 0 bridgehead atoms. The first-order valence-electron chi connectivity index (χ1n) is 12.0.